The Hall–Kier alpha value is -2.08. The van der Waals surface area contributed by atoms with Gasteiger partial charge in [-0.05, 0) is 39.7 Å². The molecular formula is C19H15BrF3NO. The highest BCUT2D eigenvalue weighted by Gasteiger charge is 2.54. The van der Waals surface area contributed by atoms with E-state index in [0.29, 0.717) is 11.3 Å². The van der Waals surface area contributed by atoms with E-state index >= 15 is 0 Å². The van der Waals surface area contributed by atoms with Crippen LogP contribution >= 0.6 is 15.9 Å². The molecule has 25 heavy (non-hydrogen) atoms. The van der Waals surface area contributed by atoms with Crippen LogP contribution in [0.5, 0.6) is 0 Å². The molecule has 0 radical (unpaired) electrons. The monoisotopic (exact) mass is 409 g/mol. The van der Waals surface area contributed by atoms with Crippen LogP contribution in [0.3, 0.4) is 0 Å². The van der Waals surface area contributed by atoms with Gasteiger partial charge in [-0.15, -0.1) is 0 Å². The van der Waals surface area contributed by atoms with Gasteiger partial charge in [-0.1, -0.05) is 48.5 Å². The Morgan fingerprint density at radius 3 is 2.32 bits per heavy atom. The maximum atomic E-state index is 13.4. The van der Waals surface area contributed by atoms with Gasteiger partial charge in [0.15, 0.2) is 5.78 Å². The third-order valence-electron chi connectivity index (χ3n) is 4.36. The van der Waals surface area contributed by atoms with Crippen molar-refractivity contribution in [2.45, 2.75) is 24.1 Å². The largest absolute Gasteiger partial charge is 0.390 e. The lowest BCUT2D eigenvalue weighted by molar-refractivity contribution is -0.155. The van der Waals surface area contributed by atoms with Crippen LogP contribution in [0.2, 0.25) is 0 Å². The molecule has 0 unspecified atom stereocenters. The Labute approximate surface area is 151 Å². The lowest BCUT2D eigenvalue weighted by atomic mass is 9.71. The molecule has 0 aromatic heterocycles. The zero-order chi connectivity index (χ0) is 18.1. The van der Waals surface area contributed by atoms with Gasteiger partial charge in [0, 0.05) is 10.2 Å². The van der Waals surface area contributed by atoms with Crippen LogP contribution in [0, 0.1) is 0 Å². The van der Waals surface area contributed by atoms with Crippen LogP contribution in [0.25, 0.3) is 0 Å². The van der Waals surface area contributed by atoms with Crippen LogP contribution in [0.4, 0.5) is 18.9 Å². The number of carbonyl (C=O) groups excluding carboxylic acids is 1. The molecule has 130 valence electrons. The number of benzene rings is 2. The molecule has 0 amide bonds. The lowest BCUT2D eigenvalue weighted by Gasteiger charge is -2.36. The van der Waals surface area contributed by atoms with Crippen molar-refractivity contribution in [3.63, 3.8) is 0 Å². The minimum absolute atomic E-state index is 0.354. The average molecular weight is 410 g/mol. The molecular weight excluding hydrogens is 395 g/mol. The predicted octanol–water partition coefficient (Wildman–Crippen LogP) is 5.26. The van der Waals surface area contributed by atoms with Crippen molar-refractivity contribution in [2.24, 2.45) is 0 Å². The van der Waals surface area contributed by atoms with Crippen molar-refractivity contribution >= 4 is 27.4 Å². The van der Waals surface area contributed by atoms with E-state index in [0.717, 1.165) is 4.47 Å². The number of hydrogen-bond donors (Lipinski definition) is 1. The second kappa shape index (κ2) is 6.67. The highest BCUT2D eigenvalue weighted by atomic mass is 79.9. The van der Waals surface area contributed by atoms with Crippen molar-refractivity contribution in [3.8, 4) is 0 Å². The van der Waals surface area contributed by atoms with E-state index in [1.54, 1.807) is 48.5 Å². The van der Waals surface area contributed by atoms with Crippen molar-refractivity contribution in [1.82, 2.24) is 0 Å². The fourth-order valence-electron chi connectivity index (χ4n) is 3.24. The van der Waals surface area contributed by atoms with Gasteiger partial charge >= 0.3 is 6.18 Å². The van der Waals surface area contributed by atoms with E-state index in [-0.39, 0.29) is 0 Å². The Morgan fingerprint density at radius 1 is 1.04 bits per heavy atom. The topological polar surface area (TPSA) is 29.1 Å². The quantitative estimate of drug-likeness (QED) is 0.745. The standard InChI is InChI=1S/C19H15BrF3NO/c20-14-8-4-5-9-15(14)24-16-10-11-17(25)18(16,12-19(21,22)23)13-6-2-1-3-7-13/h1-11,16,24H,12H2/t16-,18-/m1/s1. The first-order valence-corrected chi connectivity index (χ1v) is 8.48. The smallest absolute Gasteiger partial charge is 0.377 e. The van der Waals surface area contributed by atoms with Crippen LogP contribution in [-0.4, -0.2) is 18.0 Å². The van der Waals surface area contributed by atoms with Gasteiger partial charge < -0.3 is 5.32 Å². The minimum atomic E-state index is -4.48. The first kappa shape index (κ1) is 17.7. The van der Waals surface area contributed by atoms with Gasteiger partial charge in [0.2, 0.25) is 0 Å². The maximum Gasteiger partial charge on any atom is 0.390 e. The van der Waals surface area contributed by atoms with Gasteiger partial charge in [-0.25, -0.2) is 0 Å². The summed E-state index contributed by atoms with van der Waals surface area (Å²) in [6.07, 6.45) is -2.95. The number of carbonyl (C=O) groups is 1. The number of anilines is 1. The third-order valence-corrected chi connectivity index (χ3v) is 5.06. The zero-order valence-electron chi connectivity index (χ0n) is 13.1. The average Bonchev–Trinajstić information content (AvgIpc) is 2.86. The summed E-state index contributed by atoms with van der Waals surface area (Å²) < 4.78 is 40.9. The van der Waals surface area contributed by atoms with Gasteiger partial charge in [-0.3, -0.25) is 4.79 Å². The van der Waals surface area contributed by atoms with E-state index in [9.17, 15) is 18.0 Å². The van der Waals surface area contributed by atoms with Crippen molar-refractivity contribution in [1.29, 1.82) is 0 Å². The first-order valence-electron chi connectivity index (χ1n) is 7.69. The SMILES string of the molecule is O=C1C=C[C@@H](Nc2ccccc2Br)[C@@]1(CC(F)(F)F)c1ccccc1. The second-order valence-electron chi connectivity index (χ2n) is 5.95. The molecule has 1 aliphatic rings. The summed E-state index contributed by atoms with van der Waals surface area (Å²) >= 11 is 3.38. The molecule has 2 nitrogen and oxygen atoms in total. The molecule has 0 aliphatic heterocycles. The first-order chi connectivity index (χ1) is 11.8. The molecule has 2 atom stereocenters. The normalized spacial score (nSPS) is 23.0. The van der Waals surface area contributed by atoms with Gasteiger partial charge in [0.05, 0.1) is 17.9 Å². The number of rotatable bonds is 4. The van der Waals surface area contributed by atoms with E-state index in [2.05, 4.69) is 21.2 Å². The van der Waals surface area contributed by atoms with E-state index in [4.69, 9.17) is 0 Å². The van der Waals surface area contributed by atoms with Crippen LogP contribution in [-0.2, 0) is 10.2 Å². The molecule has 0 fully saturated rings. The molecule has 6 heteroatoms. The molecule has 1 aliphatic carbocycles. The number of para-hydroxylation sites is 1. The summed E-state index contributed by atoms with van der Waals surface area (Å²) in [5.74, 6) is -0.541. The van der Waals surface area contributed by atoms with Crippen molar-refractivity contribution < 1.29 is 18.0 Å². The lowest BCUT2D eigenvalue weighted by Crippen LogP contribution is -2.48. The molecule has 2 aromatic rings. The number of allylic oxidation sites excluding steroid dienone is 1. The molecule has 1 N–H and O–H groups in total. The number of nitrogens with one attached hydrogen (secondary N) is 1. The van der Waals surface area contributed by atoms with Crippen molar-refractivity contribution in [3.05, 3.63) is 76.8 Å². The Kier molecular flexibility index (Phi) is 4.73. The van der Waals surface area contributed by atoms with Crippen LogP contribution < -0.4 is 5.32 Å². The van der Waals surface area contributed by atoms with Crippen LogP contribution in [0.1, 0.15) is 12.0 Å². The highest BCUT2D eigenvalue weighted by molar-refractivity contribution is 9.10. The molecule has 0 heterocycles. The summed E-state index contributed by atoms with van der Waals surface area (Å²) in [7, 11) is 0. The van der Waals surface area contributed by atoms with Crippen LogP contribution in [0.15, 0.2) is 71.2 Å². The number of halogens is 4. The molecule has 3 rings (SSSR count). The van der Waals surface area contributed by atoms with E-state index in [1.165, 1.54) is 12.2 Å². The van der Waals surface area contributed by atoms with Gasteiger partial charge in [-0.2, -0.15) is 13.2 Å². The zero-order valence-corrected chi connectivity index (χ0v) is 14.6. The molecule has 0 spiro atoms. The minimum Gasteiger partial charge on any atom is -0.377 e. The Balaban J connectivity index is 2.07. The van der Waals surface area contributed by atoms with Gasteiger partial charge in [0.1, 0.15) is 0 Å². The summed E-state index contributed by atoms with van der Waals surface area (Å²) in [5.41, 5.74) is -0.726. The number of hydrogen-bond acceptors (Lipinski definition) is 2. The molecule has 2 aromatic carbocycles. The fraction of sp³-hybridized carbons (Fsp3) is 0.211. The molecule has 0 bridgehead atoms. The molecule has 0 saturated carbocycles. The Bertz CT molecular complexity index is 804. The van der Waals surface area contributed by atoms with Crippen molar-refractivity contribution in [2.75, 3.05) is 5.32 Å². The molecule has 0 saturated heterocycles. The summed E-state index contributed by atoms with van der Waals surface area (Å²) in [6.45, 7) is 0. The number of ketones is 1. The predicted molar refractivity (Wildman–Crippen MR) is 94.5 cm³/mol. The van der Waals surface area contributed by atoms with E-state index in [1.807, 2.05) is 6.07 Å². The summed E-state index contributed by atoms with van der Waals surface area (Å²) in [5, 5.41) is 3.10. The second-order valence-corrected chi connectivity index (χ2v) is 6.81. The fourth-order valence-corrected chi connectivity index (χ4v) is 3.64. The van der Waals surface area contributed by atoms with Gasteiger partial charge in [0.25, 0.3) is 0 Å². The number of alkyl halides is 3. The summed E-state index contributed by atoms with van der Waals surface area (Å²) in [6, 6.07) is 14.5. The summed E-state index contributed by atoms with van der Waals surface area (Å²) in [4.78, 5) is 12.6. The Morgan fingerprint density at radius 2 is 1.68 bits per heavy atom. The highest BCUT2D eigenvalue weighted by Crippen LogP contribution is 2.45. The maximum absolute atomic E-state index is 13.4. The third kappa shape index (κ3) is 3.49. The van der Waals surface area contributed by atoms with E-state index < -0.39 is 29.8 Å².